The molecule has 1 aromatic rings. The van der Waals surface area contributed by atoms with Gasteiger partial charge in [-0.15, -0.1) is 11.3 Å². The van der Waals surface area contributed by atoms with Crippen LogP contribution in [0, 0.1) is 0 Å². The first-order valence-electron chi connectivity index (χ1n) is 4.26. The molecule has 96 valence electrons. The molecule has 0 amide bonds. The molecule has 0 spiro atoms. The van der Waals surface area contributed by atoms with Gasteiger partial charge in [-0.3, -0.25) is 0 Å². The Bertz CT molecular complexity index is 369. The number of thiazole rings is 1. The number of rotatable bonds is 5. The van der Waals surface area contributed by atoms with Crippen molar-refractivity contribution in [2.24, 2.45) is 0 Å². The van der Waals surface area contributed by atoms with Crippen molar-refractivity contribution < 1.29 is 18.0 Å². The monoisotopic (exact) mass is 303 g/mol. The summed E-state index contributed by atoms with van der Waals surface area (Å²) in [4.78, 5) is 12.8. The van der Waals surface area contributed by atoms with Gasteiger partial charge in [-0.2, -0.15) is 20.5 Å². The highest BCUT2D eigenvalue weighted by atomic mass is 35.5. The van der Waals surface area contributed by atoms with E-state index in [1.807, 2.05) is 6.79 Å². The lowest BCUT2D eigenvalue weighted by molar-refractivity contribution is -0.0979. The van der Waals surface area contributed by atoms with Crippen molar-refractivity contribution in [1.82, 2.24) is 4.98 Å². The Labute approximate surface area is 110 Å². The van der Waals surface area contributed by atoms with Crippen molar-refractivity contribution in [2.45, 2.75) is 12.2 Å². The topological polar surface area (TPSA) is 30.0 Å². The lowest BCUT2D eigenvalue weighted by Gasteiger charge is -1.97. The molecule has 2 nitrogen and oxygen atoms in total. The molecule has 0 saturated heterocycles. The van der Waals surface area contributed by atoms with Crippen LogP contribution in [-0.4, -0.2) is 17.5 Å². The molecule has 1 rings (SSSR count). The molecule has 0 aromatic carbocycles. The normalized spacial score (nSPS) is 9.41. The molecule has 1 heterocycles. The van der Waals surface area contributed by atoms with Crippen molar-refractivity contribution >= 4 is 41.5 Å². The Balaban J connectivity index is 0.00000121. The van der Waals surface area contributed by atoms with E-state index in [1.54, 1.807) is 6.20 Å². The molecule has 0 atom stereocenters. The van der Waals surface area contributed by atoms with Crippen molar-refractivity contribution in [2.75, 3.05) is 5.75 Å². The first-order valence-corrected chi connectivity index (χ1v) is 6.61. The van der Waals surface area contributed by atoms with Gasteiger partial charge in [-0.05, 0) is 0 Å². The Morgan fingerprint density at radius 1 is 1.47 bits per heavy atom. The molecule has 0 aliphatic carbocycles. The predicted molar refractivity (Wildman–Crippen MR) is 65.4 cm³/mol. The van der Waals surface area contributed by atoms with Crippen molar-refractivity contribution in [3.63, 3.8) is 0 Å². The molecule has 17 heavy (non-hydrogen) atoms. The van der Waals surface area contributed by atoms with E-state index in [2.05, 4.69) is 4.98 Å². The van der Waals surface area contributed by atoms with E-state index in [-0.39, 0.29) is 6.42 Å². The fourth-order valence-corrected chi connectivity index (χ4v) is 2.78. The molecule has 0 saturated carbocycles. The number of allylic oxidation sites excluding steroid dienone is 1. The predicted octanol–water partition coefficient (Wildman–Crippen LogP) is 4.31. The number of thioether (sulfide) groups is 1. The highest BCUT2D eigenvalue weighted by Gasteiger charge is 2.05. The number of carbonyl (C=O) groups excluding carboxylic acids is 1. The number of halogens is 4. The molecule has 0 N–H and O–H groups in total. The standard InChI is InChI=1S/C8H7ClF3NS2.CH2O/c9-8-13-3-5(15-8)4-14-2-1-6(10)7(11)12;1-2/h3H,1-2,4H2;1H2. The van der Waals surface area contributed by atoms with E-state index in [9.17, 15) is 13.2 Å². The van der Waals surface area contributed by atoms with Crippen LogP contribution in [0.4, 0.5) is 13.2 Å². The molecule has 0 radical (unpaired) electrons. The van der Waals surface area contributed by atoms with E-state index in [1.165, 1.54) is 23.1 Å². The SMILES string of the molecule is C=O.FC(F)=C(F)CCSCc1cnc(Cl)s1. The number of aromatic nitrogens is 1. The summed E-state index contributed by atoms with van der Waals surface area (Å²) in [5, 5.41) is 0. The summed E-state index contributed by atoms with van der Waals surface area (Å²) in [6.45, 7) is 2.00. The molecular weight excluding hydrogens is 295 g/mol. The summed E-state index contributed by atoms with van der Waals surface area (Å²) in [5.74, 6) is -0.394. The summed E-state index contributed by atoms with van der Waals surface area (Å²) in [6, 6.07) is 0. The van der Waals surface area contributed by atoms with Crippen LogP contribution in [0.1, 0.15) is 11.3 Å². The Morgan fingerprint density at radius 3 is 2.59 bits per heavy atom. The maximum Gasteiger partial charge on any atom is 0.301 e. The molecule has 8 heteroatoms. The van der Waals surface area contributed by atoms with Gasteiger partial charge in [0.1, 0.15) is 6.79 Å². The van der Waals surface area contributed by atoms with E-state index in [0.29, 0.717) is 16.0 Å². The number of hydrogen-bond donors (Lipinski definition) is 0. The third kappa shape index (κ3) is 7.40. The third-order valence-corrected chi connectivity index (χ3v) is 3.75. The van der Waals surface area contributed by atoms with Crippen LogP contribution in [0.2, 0.25) is 4.47 Å². The summed E-state index contributed by atoms with van der Waals surface area (Å²) in [5.41, 5.74) is 0. The van der Waals surface area contributed by atoms with Gasteiger partial charge in [0.25, 0.3) is 0 Å². The first kappa shape index (κ1) is 16.5. The average molecular weight is 304 g/mol. The van der Waals surface area contributed by atoms with Crippen LogP contribution in [0.25, 0.3) is 0 Å². The summed E-state index contributed by atoms with van der Waals surface area (Å²) in [7, 11) is 0. The van der Waals surface area contributed by atoms with Crippen LogP contribution >= 0.6 is 34.7 Å². The molecule has 0 unspecified atom stereocenters. The lowest BCUT2D eigenvalue weighted by atomic mass is 10.4. The molecule has 0 aliphatic rings. The minimum atomic E-state index is -2.23. The molecule has 1 aromatic heterocycles. The van der Waals surface area contributed by atoms with Crippen LogP contribution in [0.3, 0.4) is 0 Å². The largest absolute Gasteiger partial charge is 0.307 e. The maximum atomic E-state index is 12.3. The second-order valence-electron chi connectivity index (χ2n) is 2.55. The van der Waals surface area contributed by atoms with Gasteiger partial charge >= 0.3 is 6.08 Å². The number of carbonyl (C=O) groups is 1. The number of nitrogens with zero attached hydrogens (tertiary/aromatic N) is 1. The first-order chi connectivity index (χ1) is 8.09. The van der Waals surface area contributed by atoms with Gasteiger partial charge in [0.15, 0.2) is 10.3 Å². The Hall–Kier alpha value is -0.530. The van der Waals surface area contributed by atoms with Gasteiger partial charge in [-0.1, -0.05) is 11.6 Å². The van der Waals surface area contributed by atoms with Crippen molar-refractivity contribution in [1.29, 1.82) is 0 Å². The Kier molecular flexibility index (Phi) is 9.20. The summed E-state index contributed by atoms with van der Waals surface area (Å²) >= 11 is 8.30. The van der Waals surface area contributed by atoms with Crippen LogP contribution < -0.4 is 0 Å². The zero-order valence-electron chi connectivity index (χ0n) is 8.59. The van der Waals surface area contributed by atoms with Crippen molar-refractivity contribution in [3.8, 4) is 0 Å². The van der Waals surface area contributed by atoms with E-state index in [4.69, 9.17) is 16.4 Å². The third-order valence-electron chi connectivity index (χ3n) is 1.44. The highest BCUT2D eigenvalue weighted by Crippen LogP contribution is 2.24. The quantitative estimate of drug-likeness (QED) is 0.759. The molecule has 0 aliphatic heterocycles. The van der Waals surface area contributed by atoms with Crippen LogP contribution in [-0.2, 0) is 10.5 Å². The fraction of sp³-hybridized carbons (Fsp3) is 0.333. The minimum absolute atomic E-state index is 0.237. The Morgan fingerprint density at radius 2 is 2.12 bits per heavy atom. The van der Waals surface area contributed by atoms with Crippen LogP contribution in [0.15, 0.2) is 18.1 Å². The van der Waals surface area contributed by atoms with Gasteiger partial charge in [0.2, 0.25) is 0 Å². The second kappa shape index (κ2) is 9.49. The number of hydrogen-bond acceptors (Lipinski definition) is 4. The van der Waals surface area contributed by atoms with Gasteiger partial charge in [0, 0.05) is 29.0 Å². The van der Waals surface area contributed by atoms with Crippen molar-refractivity contribution in [3.05, 3.63) is 27.4 Å². The smallest absolute Gasteiger partial charge is 0.301 e. The van der Waals surface area contributed by atoms with E-state index >= 15 is 0 Å². The fourth-order valence-electron chi connectivity index (χ4n) is 0.779. The molecule has 0 fully saturated rings. The average Bonchev–Trinajstić information content (AvgIpc) is 2.73. The summed E-state index contributed by atoms with van der Waals surface area (Å²) in [6.07, 6.45) is -0.835. The van der Waals surface area contributed by atoms with Gasteiger partial charge in [0.05, 0.1) is 0 Å². The zero-order valence-corrected chi connectivity index (χ0v) is 11.0. The van der Waals surface area contributed by atoms with E-state index in [0.717, 1.165) is 4.88 Å². The lowest BCUT2D eigenvalue weighted by Crippen LogP contribution is -1.83. The zero-order chi connectivity index (χ0) is 13.3. The van der Waals surface area contributed by atoms with E-state index < -0.39 is 11.9 Å². The van der Waals surface area contributed by atoms with Gasteiger partial charge < -0.3 is 4.79 Å². The molecular formula is C9H9ClF3NOS2. The summed E-state index contributed by atoms with van der Waals surface area (Å²) < 4.78 is 36.1. The van der Waals surface area contributed by atoms with Gasteiger partial charge in [-0.25, -0.2) is 9.37 Å². The minimum Gasteiger partial charge on any atom is -0.307 e. The maximum absolute atomic E-state index is 12.3. The molecule has 0 bridgehead atoms. The highest BCUT2D eigenvalue weighted by molar-refractivity contribution is 7.98. The van der Waals surface area contributed by atoms with Crippen LogP contribution in [0.5, 0.6) is 0 Å². The second-order valence-corrected chi connectivity index (χ2v) is 5.35.